The van der Waals surface area contributed by atoms with Crippen LogP contribution in [0.25, 0.3) is 0 Å². The molecule has 5 atom stereocenters. The molecule has 1 aliphatic rings. The summed E-state index contributed by atoms with van der Waals surface area (Å²) in [6.45, 7) is 9.69. The molecule has 5 heteroatoms. The Balaban J connectivity index is 0. The molecule has 1 heterocycles. The highest BCUT2D eigenvalue weighted by molar-refractivity contribution is 4.89. The Morgan fingerprint density at radius 3 is 2.06 bits per heavy atom. The van der Waals surface area contributed by atoms with E-state index in [1.165, 1.54) is 7.11 Å². The van der Waals surface area contributed by atoms with Crippen LogP contribution >= 0.6 is 0 Å². The highest BCUT2D eigenvalue weighted by atomic mass is 16.6. The van der Waals surface area contributed by atoms with Crippen molar-refractivity contribution in [3.05, 3.63) is 0 Å². The molecule has 0 aromatic carbocycles. The molecule has 0 bridgehead atoms. The minimum atomic E-state index is -1.02. The second kappa shape index (κ2) is 10.9. The summed E-state index contributed by atoms with van der Waals surface area (Å²) in [5.41, 5.74) is 5.67. The van der Waals surface area contributed by atoms with Crippen molar-refractivity contribution in [1.82, 2.24) is 0 Å². The van der Waals surface area contributed by atoms with E-state index in [0.717, 1.165) is 0 Å². The van der Waals surface area contributed by atoms with Crippen LogP contribution in [0.4, 0.5) is 0 Å². The summed E-state index contributed by atoms with van der Waals surface area (Å²) in [5.74, 6) is -0.0362. The lowest BCUT2D eigenvalue weighted by Gasteiger charge is -2.41. The van der Waals surface area contributed by atoms with Crippen molar-refractivity contribution >= 4 is 0 Å². The highest BCUT2D eigenvalue weighted by Crippen LogP contribution is 2.25. The van der Waals surface area contributed by atoms with Gasteiger partial charge < -0.3 is 25.4 Å². The number of ether oxygens (including phenoxy) is 2. The minimum Gasteiger partial charge on any atom is -0.394 e. The first-order valence-corrected chi connectivity index (χ1v) is 6.34. The van der Waals surface area contributed by atoms with Crippen molar-refractivity contribution in [1.29, 1.82) is 0 Å². The number of aliphatic hydroxyl groups excluding tert-OH is 2. The van der Waals surface area contributed by atoms with E-state index in [1.807, 2.05) is 34.6 Å². The second-order valence-corrected chi connectivity index (χ2v) is 3.38. The van der Waals surface area contributed by atoms with Crippen LogP contribution in [0, 0.1) is 5.92 Å². The van der Waals surface area contributed by atoms with Gasteiger partial charge in [0.25, 0.3) is 0 Å². The maximum atomic E-state index is 9.35. The fraction of sp³-hybridized carbons (Fsp3) is 1.00. The van der Waals surface area contributed by atoms with Crippen molar-refractivity contribution < 1.29 is 19.7 Å². The van der Waals surface area contributed by atoms with Crippen LogP contribution in [0.15, 0.2) is 0 Å². The minimum absolute atomic E-state index is 0.0362. The lowest BCUT2D eigenvalue weighted by molar-refractivity contribution is -0.238. The summed E-state index contributed by atoms with van der Waals surface area (Å²) in [6, 6.07) is -0.465. The van der Waals surface area contributed by atoms with Gasteiger partial charge >= 0.3 is 0 Å². The van der Waals surface area contributed by atoms with Gasteiger partial charge in [0, 0.05) is 13.0 Å². The predicted octanol–water partition coefficient (Wildman–Crippen LogP) is 0.727. The van der Waals surface area contributed by atoms with Crippen LogP contribution in [-0.2, 0) is 9.47 Å². The first kappa shape index (κ1) is 19.1. The van der Waals surface area contributed by atoms with Crippen LogP contribution in [0.1, 0.15) is 34.6 Å². The lowest BCUT2D eigenvalue weighted by atomic mass is 9.89. The van der Waals surface area contributed by atoms with Crippen molar-refractivity contribution in [3.8, 4) is 0 Å². The molecular weight excluding hydrogens is 222 g/mol. The number of hydrogen-bond donors (Lipinski definition) is 3. The molecule has 5 nitrogen and oxygen atoms in total. The third-order valence-corrected chi connectivity index (χ3v) is 2.59. The smallest absolute Gasteiger partial charge is 0.170 e. The molecule has 0 aromatic rings. The average molecular weight is 251 g/mol. The molecule has 0 radical (unpaired) electrons. The molecule has 0 aliphatic carbocycles. The fourth-order valence-corrected chi connectivity index (χ4v) is 1.68. The molecule has 1 rings (SSSR count). The van der Waals surface area contributed by atoms with E-state index in [-0.39, 0.29) is 18.6 Å². The second-order valence-electron chi connectivity index (χ2n) is 3.38. The summed E-state index contributed by atoms with van der Waals surface area (Å²) in [4.78, 5) is 0. The maximum absolute atomic E-state index is 9.35. The summed E-state index contributed by atoms with van der Waals surface area (Å²) in [7, 11) is 1.54. The Labute approximate surface area is 105 Å². The van der Waals surface area contributed by atoms with E-state index < -0.39 is 18.4 Å². The zero-order valence-corrected chi connectivity index (χ0v) is 11.9. The molecule has 106 valence electrons. The SMILES string of the molecule is CC.CC.CO[C@@H]1[C@H](C)C(N)[C@H](O)O[C@@H]1CO. The largest absolute Gasteiger partial charge is 0.394 e. The zero-order valence-electron chi connectivity index (χ0n) is 11.9. The van der Waals surface area contributed by atoms with Gasteiger partial charge in [0.2, 0.25) is 0 Å². The van der Waals surface area contributed by atoms with E-state index in [9.17, 15) is 5.11 Å². The van der Waals surface area contributed by atoms with Gasteiger partial charge in [0.1, 0.15) is 6.10 Å². The summed E-state index contributed by atoms with van der Waals surface area (Å²) >= 11 is 0. The Bertz CT molecular complexity index is 167. The van der Waals surface area contributed by atoms with Crippen LogP contribution in [0.3, 0.4) is 0 Å². The number of methoxy groups -OCH3 is 1. The molecule has 0 aromatic heterocycles. The predicted molar refractivity (Wildman–Crippen MR) is 68.6 cm³/mol. The van der Waals surface area contributed by atoms with E-state index in [0.29, 0.717) is 0 Å². The van der Waals surface area contributed by atoms with Gasteiger partial charge in [-0.15, -0.1) is 0 Å². The topological polar surface area (TPSA) is 84.9 Å². The monoisotopic (exact) mass is 251 g/mol. The molecule has 1 fully saturated rings. The Morgan fingerprint density at radius 1 is 1.24 bits per heavy atom. The third-order valence-electron chi connectivity index (χ3n) is 2.59. The maximum Gasteiger partial charge on any atom is 0.170 e. The fourth-order valence-electron chi connectivity index (χ4n) is 1.68. The normalized spacial score (nSPS) is 36.2. The number of rotatable bonds is 2. The summed E-state index contributed by atoms with van der Waals surface area (Å²) in [6.07, 6.45) is -1.77. The number of aliphatic hydroxyl groups is 2. The van der Waals surface area contributed by atoms with Gasteiger partial charge in [-0.25, -0.2) is 0 Å². The van der Waals surface area contributed by atoms with Crippen LogP contribution in [0.5, 0.6) is 0 Å². The molecule has 1 unspecified atom stereocenters. The molecule has 0 saturated carbocycles. The molecule has 17 heavy (non-hydrogen) atoms. The van der Waals surface area contributed by atoms with Crippen LogP contribution in [-0.4, -0.2) is 48.5 Å². The highest BCUT2D eigenvalue weighted by Gasteiger charge is 2.40. The molecule has 1 saturated heterocycles. The molecule has 0 amide bonds. The lowest BCUT2D eigenvalue weighted by Crippen LogP contribution is -2.58. The molecular formula is C12H29NO4. The number of nitrogens with two attached hydrogens (primary N) is 1. The van der Waals surface area contributed by atoms with Gasteiger partial charge in [-0.1, -0.05) is 34.6 Å². The first-order valence-electron chi connectivity index (χ1n) is 6.34. The quantitative estimate of drug-likeness (QED) is 0.673. The third kappa shape index (κ3) is 5.31. The van der Waals surface area contributed by atoms with Gasteiger partial charge in [0.15, 0.2) is 6.29 Å². The van der Waals surface area contributed by atoms with Gasteiger partial charge in [-0.2, -0.15) is 0 Å². The van der Waals surface area contributed by atoms with Crippen molar-refractivity contribution in [3.63, 3.8) is 0 Å². The van der Waals surface area contributed by atoms with E-state index in [4.69, 9.17) is 20.3 Å². The van der Waals surface area contributed by atoms with Crippen LogP contribution in [0.2, 0.25) is 0 Å². The van der Waals surface area contributed by atoms with Crippen molar-refractivity contribution in [2.75, 3.05) is 13.7 Å². The van der Waals surface area contributed by atoms with E-state index in [2.05, 4.69) is 0 Å². The summed E-state index contributed by atoms with van der Waals surface area (Å²) in [5, 5.41) is 18.3. The molecule has 4 N–H and O–H groups in total. The Morgan fingerprint density at radius 2 is 1.71 bits per heavy atom. The average Bonchev–Trinajstić information content (AvgIpc) is 2.40. The van der Waals surface area contributed by atoms with Crippen molar-refractivity contribution in [2.24, 2.45) is 11.7 Å². The van der Waals surface area contributed by atoms with Gasteiger partial charge in [0.05, 0.1) is 18.8 Å². The molecule has 0 spiro atoms. The van der Waals surface area contributed by atoms with E-state index in [1.54, 1.807) is 0 Å². The Hall–Kier alpha value is -0.200. The molecule has 1 aliphatic heterocycles. The van der Waals surface area contributed by atoms with Crippen molar-refractivity contribution in [2.45, 2.75) is 59.2 Å². The van der Waals surface area contributed by atoms with Gasteiger partial charge in [-0.3, -0.25) is 0 Å². The summed E-state index contributed by atoms with van der Waals surface area (Å²) < 4.78 is 10.2. The standard InChI is InChI=1S/C8H17NO4.2C2H6/c1-4-6(9)8(11)13-5(3-10)7(4)12-2;2*1-2/h4-8,10-11H,3,9H2,1-2H3;2*1-2H3/t4-,5-,6?,7-,8-;;/m1../s1. The zero-order chi connectivity index (χ0) is 14.0. The van der Waals surface area contributed by atoms with Gasteiger partial charge in [-0.05, 0) is 0 Å². The van der Waals surface area contributed by atoms with Crippen LogP contribution < -0.4 is 5.73 Å². The first-order chi connectivity index (χ1) is 8.11. The Kier molecular flexibility index (Phi) is 12.3. The van der Waals surface area contributed by atoms with E-state index >= 15 is 0 Å². The number of hydrogen-bond acceptors (Lipinski definition) is 5.